The number of amides is 2. The predicted octanol–water partition coefficient (Wildman–Crippen LogP) is 2.19. The van der Waals surface area contributed by atoms with E-state index in [-0.39, 0.29) is 11.6 Å². The van der Waals surface area contributed by atoms with Crippen molar-refractivity contribution in [3.63, 3.8) is 0 Å². The van der Waals surface area contributed by atoms with Gasteiger partial charge in [-0.3, -0.25) is 9.59 Å². The van der Waals surface area contributed by atoms with E-state index in [1.165, 1.54) is 6.20 Å². The summed E-state index contributed by atoms with van der Waals surface area (Å²) in [5.74, 6) is 0.971. The lowest BCUT2D eigenvalue weighted by Crippen LogP contribution is -2.47. The van der Waals surface area contributed by atoms with Crippen molar-refractivity contribution in [2.24, 2.45) is 5.92 Å². The molecule has 1 fully saturated rings. The van der Waals surface area contributed by atoms with Crippen molar-refractivity contribution in [2.45, 2.75) is 52.0 Å². The summed E-state index contributed by atoms with van der Waals surface area (Å²) >= 11 is 6.24. The molecule has 3 heterocycles. The lowest BCUT2D eigenvalue weighted by molar-refractivity contribution is -0.132. The largest absolute Gasteiger partial charge is 0.383 e. The third-order valence-corrected chi connectivity index (χ3v) is 5.90. The molecular weight excluding hydrogens is 418 g/mol. The number of nitrogen functional groups attached to an aromatic ring is 1. The molecule has 2 amide bonds. The number of anilines is 1. The average molecular weight is 446 g/mol. The van der Waals surface area contributed by atoms with Crippen molar-refractivity contribution >= 4 is 29.2 Å². The van der Waals surface area contributed by atoms with Crippen LogP contribution in [0.15, 0.2) is 18.3 Å². The number of likely N-dealkylation sites (tertiary alicyclic amines) is 1. The lowest BCUT2D eigenvalue weighted by atomic mass is 9.93. The van der Waals surface area contributed by atoms with E-state index in [1.54, 1.807) is 26.0 Å². The van der Waals surface area contributed by atoms with Gasteiger partial charge in [-0.1, -0.05) is 11.6 Å². The predicted molar refractivity (Wildman–Crippen MR) is 117 cm³/mol. The third kappa shape index (κ3) is 6.10. The van der Waals surface area contributed by atoms with Gasteiger partial charge in [0, 0.05) is 24.8 Å². The molecule has 0 unspecified atom stereocenters. The Morgan fingerprint density at radius 2 is 2.13 bits per heavy atom. The van der Waals surface area contributed by atoms with E-state index < -0.39 is 11.9 Å². The number of carbonyl (C=O) groups is 2. The highest BCUT2D eigenvalue weighted by Gasteiger charge is 2.26. The van der Waals surface area contributed by atoms with Crippen LogP contribution in [0.1, 0.15) is 54.5 Å². The molecule has 1 aliphatic rings. The van der Waals surface area contributed by atoms with Gasteiger partial charge in [-0.15, -0.1) is 5.10 Å². The second kappa shape index (κ2) is 10.5. The van der Waals surface area contributed by atoms with Crippen molar-refractivity contribution in [3.8, 4) is 0 Å². The van der Waals surface area contributed by atoms with Gasteiger partial charge in [0.25, 0.3) is 5.91 Å². The number of aryl methyl sites for hydroxylation is 1. The van der Waals surface area contributed by atoms with Crippen LogP contribution >= 0.6 is 11.6 Å². The number of aromatic nitrogens is 4. The quantitative estimate of drug-likeness (QED) is 0.652. The van der Waals surface area contributed by atoms with E-state index in [9.17, 15) is 9.59 Å². The molecular formula is C21H28ClN7O2. The van der Waals surface area contributed by atoms with Crippen LogP contribution in [-0.4, -0.2) is 56.0 Å². The van der Waals surface area contributed by atoms with Gasteiger partial charge in [0.05, 0.1) is 0 Å². The molecule has 166 valence electrons. The first-order chi connectivity index (χ1) is 14.8. The average Bonchev–Trinajstić information content (AvgIpc) is 2.98. The van der Waals surface area contributed by atoms with Gasteiger partial charge in [-0.2, -0.15) is 5.10 Å². The number of carbonyl (C=O) groups excluding carboxylic acids is 2. The van der Waals surface area contributed by atoms with Gasteiger partial charge in [-0.25, -0.2) is 9.97 Å². The van der Waals surface area contributed by atoms with Gasteiger partial charge < -0.3 is 16.0 Å². The molecule has 3 rings (SSSR count). The van der Waals surface area contributed by atoms with Gasteiger partial charge in [0.1, 0.15) is 22.8 Å². The molecule has 0 radical (unpaired) electrons. The van der Waals surface area contributed by atoms with E-state index >= 15 is 0 Å². The Balaban J connectivity index is 1.51. The van der Waals surface area contributed by atoms with Crippen LogP contribution in [0.2, 0.25) is 5.15 Å². The van der Waals surface area contributed by atoms with Gasteiger partial charge in [0.2, 0.25) is 5.91 Å². The fourth-order valence-electron chi connectivity index (χ4n) is 3.86. The zero-order valence-electron chi connectivity index (χ0n) is 17.8. The Kier molecular flexibility index (Phi) is 7.73. The molecule has 9 nitrogen and oxygen atoms in total. The highest BCUT2D eigenvalue weighted by atomic mass is 35.5. The highest BCUT2D eigenvalue weighted by Crippen LogP contribution is 2.26. The Morgan fingerprint density at radius 1 is 1.32 bits per heavy atom. The molecule has 0 saturated carbocycles. The first-order valence-corrected chi connectivity index (χ1v) is 10.9. The van der Waals surface area contributed by atoms with Gasteiger partial charge in [-0.05, 0) is 64.0 Å². The van der Waals surface area contributed by atoms with Crippen molar-refractivity contribution < 1.29 is 9.59 Å². The Bertz CT molecular complexity index is 902. The monoisotopic (exact) mass is 445 g/mol. The second-order valence-corrected chi connectivity index (χ2v) is 8.25. The summed E-state index contributed by atoms with van der Waals surface area (Å²) in [4.78, 5) is 35.3. The summed E-state index contributed by atoms with van der Waals surface area (Å²) in [5.41, 5.74) is 7.00. The fourth-order valence-corrected chi connectivity index (χ4v) is 4.18. The van der Waals surface area contributed by atoms with Crippen molar-refractivity contribution in [1.82, 2.24) is 30.4 Å². The minimum Gasteiger partial charge on any atom is -0.383 e. The van der Waals surface area contributed by atoms with Gasteiger partial charge >= 0.3 is 0 Å². The smallest absolute Gasteiger partial charge is 0.272 e. The SMILES string of the molecule is Cc1nc(N)c(CC[C@H]2CCCN(C(=O)[C@H](C)NC(=O)c3cccnn3)CC2)c(Cl)n1. The van der Waals surface area contributed by atoms with E-state index in [4.69, 9.17) is 17.3 Å². The summed E-state index contributed by atoms with van der Waals surface area (Å²) in [5, 5.41) is 10.6. The van der Waals surface area contributed by atoms with Crippen LogP contribution in [0.4, 0.5) is 5.82 Å². The zero-order chi connectivity index (χ0) is 22.4. The summed E-state index contributed by atoms with van der Waals surface area (Å²) in [7, 11) is 0. The van der Waals surface area contributed by atoms with E-state index in [2.05, 4.69) is 25.5 Å². The molecule has 0 bridgehead atoms. The summed E-state index contributed by atoms with van der Waals surface area (Å²) < 4.78 is 0. The molecule has 0 aliphatic carbocycles. The first-order valence-electron chi connectivity index (χ1n) is 10.5. The molecule has 2 atom stereocenters. The van der Waals surface area contributed by atoms with Crippen LogP contribution in [-0.2, 0) is 11.2 Å². The molecule has 3 N–H and O–H groups in total. The number of hydrogen-bond donors (Lipinski definition) is 2. The summed E-state index contributed by atoms with van der Waals surface area (Å²) in [6, 6.07) is 2.57. The molecule has 10 heteroatoms. The molecule has 0 spiro atoms. The molecule has 1 saturated heterocycles. The third-order valence-electron chi connectivity index (χ3n) is 5.59. The topological polar surface area (TPSA) is 127 Å². The van der Waals surface area contributed by atoms with Crippen LogP contribution in [0.3, 0.4) is 0 Å². The molecule has 2 aromatic heterocycles. The van der Waals surface area contributed by atoms with E-state index in [0.29, 0.717) is 42.2 Å². The molecule has 31 heavy (non-hydrogen) atoms. The van der Waals surface area contributed by atoms with E-state index in [0.717, 1.165) is 31.2 Å². The standard InChI is InChI=1S/C21H28ClN7O2/c1-13(25-20(30)17-6-3-10-24-28-17)21(31)29-11-4-5-15(9-12-29)7-8-16-18(22)26-14(2)27-19(16)23/h3,6,10,13,15H,4-5,7-9,11-12H2,1-2H3,(H,25,30)(H2,23,26,27)/t13-,15+/m0/s1. The van der Waals surface area contributed by atoms with E-state index in [1.807, 2.05) is 4.90 Å². The molecule has 1 aliphatic heterocycles. The van der Waals surface area contributed by atoms with Crippen molar-refractivity contribution in [1.29, 1.82) is 0 Å². The minimum absolute atomic E-state index is 0.0860. The van der Waals surface area contributed by atoms with Gasteiger partial charge in [0.15, 0.2) is 5.69 Å². The summed E-state index contributed by atoms with van der Waals surface area (Å²) in [6.07, 6.45) is 5.95. The zero-order valence-corrected chi connectivity index (χ0v) is 18.6. The molecule has 0 aromatic carbocycles. The first kappa shape index (κ1) is 22.9. The number of nitrogens with one attached hydrogen (secondary N) is 1. The number of nitrogens with zero attached hydrogens (tertiary/aromatic N) is 5. The van der Waals surface area contributed by atoms with Crippen LogP contribution in [0, 0.1) is 12.8 Å². The van der Waals surface area contributed by atoms with Crippen LogP contribution in [0.5, 0.6) is 0 Å². The second-order valence-electron chi connectivity index (χ2n) is 7.89. The minimum atomic E-state index is -0.630. The van der Waals surface area contributed by atoms with Crippen molar-refractivity contribution in [3.05, 3.63) is 40.6 Å². The maximum Gasteiger partial charge on any atom is 0.272 e. The molecule has 2 aromatic rings. The lowest BCUT2D eigenvalue weighted by Gasteiger charge is -2.24. The summed E-state index contributed by atoms with van der Waals surface area (Å²) in [6.45, 7) is 4.79. The Hall–Kier alpha value is -2.81. The van der Waals surface area contributed by atoms with Crippen molar-refractivity contribution in [2.75, 3.05) is 18.8 Å². The fraction of sp³-hybridized carbons (Fsp3) is 0.524. The van der Waals surface area contributed by atoms with Crippen LogP contribution in [0.25, 0.3) is 0 Å². The maximum absolute atomic E-state index is 12.8. The highest BCUT2D eigenvalue weighted by molar-refractivity contribution is 6.30. The number of nitrogens with two attached hydrogens (primary N) is 1. The van der Waals surface area contributed by atoms with Crippen LogP contribution < -0.4 is 11.1 Å². The number of halogens is 1. The Labute approximate surface area is 186 Å². The Morgan fingerprint density at radius 3 is 2.84 bits per heavy atom. The number of hydrogen-bond acceptors (Lipinski definition) is 7. The maximum atomic E-state index is 12.8. The normalized spacial score (nSPS) is 17.6. The number of rotatable bonds is 6.